The number of nitrogens with zero attached hydrogens (tertiary/aromatic N) is 2. The van der Waals surface area contributed by atoms with E-state index in [-0.39, 0.29) is 5.91 Å². The van der Waals surface area contributed by atoms with E-state index in [1.54, 1.807) is 24.3 Å². The van der Waals surface area contributed by atoms with Crippen LogP contribution in [0.5, 0.6) is 11.5 Å². The van der Waals surface area contributed by atoms with Crippen LogP contribution in [0.15, 0.2) is 54.2 Å². The summed E-state index contributed by atoms with van der Waals surface area (Å²) in [5.41, 5.74) is 2.51. The van der Waals surface area contributed by atoms with Crippen molar-refractivity contribution < 1.29 is 14.3 Å². The van der Waals surface area contributed by atoms with Gasteiger partial charge in [0, 0.05) is 22.6 Å². The molecule has 2 aromatic rings. The van der Waals surface area contributed by atoms with Crippen molar-refractivity contribution in [3.63, 3.8) is 0 Å². The van der Waals surface area contributed by atoms with Crippen LogP contribution in [0.25, 0.3) is 0 Å². The van der Waals surface area contributed by atoms with Crippen LogP contribution >= 0.6 is 23.4 Å². The fourth-order valence-electron chi connectivity index (χ4n) is 3.59. The highest BCUT2D eigenvalue weighted by Gasteiger charge is 2.42. The van der Waals surface area contributed by atoms with Crippen LogP contribution in [-0.4, -0.2) is 36.1 Å². The molecule has 1 amide bonds. The number of hydrazone groups is 1. The van der Waals surface area contributed by atoms with Gasteiger partial charge in [0.1, 0.15) is 6.17 Å². The van der Waals surface area contributed by atoms with E-state index in [2.05, 4.69) is 17.2 Å². The number of rotatable bonds is 5. The summed E-state index contributed by atoms with van der Waals surface area (Å²) in [5, 5.41) is 13.8. The molecule has 0 bridgehead atoms. The lowest BCUT2D eigenvalue weighted by Gasteiger charge is -2.43. The maximum absolute atomic E-state index is 13.1. The average molecular weight is 445 g/mol. The minimum atomic E-state index is -0.576. The zero-order valence-corrected chi connectivity index (χ0v) is 18.1. The van der Waals surface area contributed by atoms with Crippen molar-refractivity contribution in [3.05, 3.63) is 65.2 Å². The summed E-state index contributed by atoms with van der Waals surface area (Å²) in [6.07, 6.45) is 1.33. The fraction of sp³-hybridized carbons (Fsp3) is 0.238. The van der Waals surface area contributed by atoms with Gasteiger partial charge < -0.3 is 20.1 Å². The average Bonchev–Trinajstić information content (AvgIpc) is 2.76. The maximum atomic E-state index is 13.1. The molecular formula is C21H21ClN4O3S. The van der Waals surface area contributed by atoms with Crippen molar-refractivity contribution in [3.8, 4) is 11.5 Å². The van der Waals surface area contributed by atoms with Crippen molar-refractivity contribution in [2.75, 3.05) is 25.3 Å². The van der Waals surface area contributed by atoms with Crippen LogP contribution in [0.2, 0.25) is 5.02 Å². The lowest BCUT2D eigenvalue weighted by atomic mass is 9.97. The second kappa shape index (κ2) is 8.49. The molecule has 0 saturated carbocycles. The molecule has 0 radical (unpaired) electrons. The van der Waals surface area contributed by atoms with Crippen LogP contribution in [0.4, 0.5) is 5.69 Å². The van der Waals surface area contributed by atoms with Gasteiger partial charge in [0.25, 0.3) is 5.91 Å². The van der Waals surface area contributed by atoms with Crippen LogP contribution < -0.4 is 20.1 Å². The molecule has 2 aromatic carbocycles. The first-order valence-corrected chi connectivity index (χ1v) is 10.6. The summed E-state index contributed by atoms with van der Waals surface area (Å²) in [4.78, 5) is 13.1. The fourth-order valence-corrected chi connectivity index (χ4v) is 4.48. The number of benzene rings is 2. The molecule has 2 atom stereocenters. The van der Waals surface area contributed by atoms with Gasteiger partial charge >= 0.3 is 0 Å². The first-order chi connectivity index (χ1) is 14.6. The third-order valence-corrected chi connectivity index (χ3v) is 6.01. The molecule has 0 fully saturated rings. The zero-order chi connectivity index (χ0) is 21.3. The number of nitrogens with one attached hydrogen (secondary N) is 2. The van der Waals surface area contributed by atoms with Crippen molar-refractivity contribution in [2.24, 2.45) is 5.10 Å². The Labute approximate surface area is 184 Å². The summed E-state index contributed by atoms with van der Waals surface area (Å²) in [5.74, 6) is 1.46. The van der Waals surface area contributed by atoms with E-state index in [4.69, 9.17) is 26.2 Å². The van der Waals surface area contributed by atoms with E-state index in [0.717, 1.165) is 16.8 Å². The Morgan fingerprint density at radius 3 is 2.83 bits per heavy atom. The number of para-hydroxylation sites is 1. The predicted octanol–water partition coefficient (Wildman–Crippen LogP) is 4.14. The molecule has 0 aliphatic carbocycles. The van der Waals surface area contributed by atoms with Crippen LogP contribution in [0, 0.1) is 0 Å². The van der Waals surface area contributed by atoms with Gasteiger partial charge in [-0.05, 0) is 18.2 Å². The molecule has 30 heavy (non-hydrogen) atoms. The Hall–Kier alpha value is -2.84. The number of halogens is 1. The first kappa shape index (κ1) is 20.4. The van der Waals surface area contributed by atoms with Gasteiger partial charge in [-0.2, -0.15) is 0 Å². The van der Waals surface area contributed by atoms with Crippen molar-refractivity contribution in [2.45, 2.75) is 12.2 Å². The molecule has 2 aliphatic rings. The van der Waals surface area contributed by atoms with Crippen molar-refractivity contribution >= 4 is 40.1 Å². The molecule has 2 aliphatic heterocycles. The Balaban J connectivity index is 1.84. The molecule has 4 rings (SSSR count). The maximum Gasteiger partial charge on any atom is 0.255 e. The normalized spacial score (nSPS) is 19.6. The second-order valence-corrected chi connectivity index (χ2v) is 8.06. The quantitative estimate of drug-likeness (QED) is 0.675. The van der Waals surface area contributed by atoms with Gasteiger partial charge in [0.2, 0.25) is 0 Å². The van der Waals surface area contributed by atoms with Crippen molar-refractivity contribution in [1.82, 2.24) is 10.3 Å². The summed E-state index contributed by atoms with van der Waals surface area (Å²) < 4.78 is 10.8. The summed E-state index contributed by atoms with van der Waals surface area (Å²) >= 11 is 7.86. The molecule has 0 unspecified atom stereocenters. The van der Waals surface area contributed by atoms with Gasteiger partial charge in [-0.3, -0.25) is 9.80 Å². The standard InChI is InChI=1S/C21H21ClN4O3S/c1-4-9-30-21-24-20(27)17-13-7-5-6-8-15(13)23-19(26(17)25-21)12-10-14(22)18(29-3)16(11-12)28-2/h4-8,10-11,17,19,23H,1,9H2,2-3H3,(H,24,25,27)/t17-,19-/m0/s1. The molecule has 2 N–H and O–H groups in total. The molecule has 9 heteroatoms. The number of methoxy groups -OCH3 is 2. The number of anilines is 1. The summed E-state index contributed by atoms with van der Waals surface area (Å²) in [7, 11) is 3.10. The monoisotopic (exact) mass is 444 g/mol. The third-order valence-electron chi connectivity index (χ3n) is 4.87. The number of ether oxygens (including phenoxy) is 2. The number of amidine groups is 1. The minimum Gasteiger partial charge on any atom is -0.493 e. The van der Waals surface area contributed by atoms with Crippen LogP contribution in [0.3, 0.4) is 0 Å². The van der Waals surface area contributed by atoms with E-state index >= 15 is 0 Å². The van der Waals surface area contributed by atoms with Crippen LogP contribution in [-0.2, 0) is 4.79 Å². The first-order valence-electron chi connectivity index (χ1n) is 9.25. The number of carbonyl (C=O) groups is 1. The highest BCUT2D eigenvalue weighted by molar-refractivity contribution is 8.14. The Morgan fingerprint density at radius 2 is 2.10 bits per heavy atom. The molecule has 7 nitrogen and oxygen atoms in total. The molecular weight excluding hydrogens is 424 g/mol. The van der Waals surface area contributed by atoms with E-state index < -0.39 is 12.2 Å². The lowest BCUT2D eigenvalue weighted by Crippen LogP contribution is -2.50. The number of carbonyl (C=O) groups excluding carboxylic acids is 1. The van der Waals surface area contributed by atoms with E-state index in [9.17, 15) is 4.79 Å². The predicted molar refractivity (Wildman–Crippen MR) is 120 cm³/mol. The Kier molecular flexibility index (Phi) is 5.78. The van der Waals surface area contributed by atoms with Gasteiger partial charge in [-0.1, -0.05) is 47.6 Å². The lowest BCUT2D eigenvalue weighted by molar-refractivity contribution is -0.127. The number of thioether (sulfide) groups is 1. The van der Waals surface area contributed by atoms with Crippen LogP contribution in [0.1, 0.15) is 23.3 Å². The van der Waals surface area contributed by atoms with E-state index in [1.165, 1.54) is 18.9 Å². The highest BCUT2D eigenvalue weighted by atomic mass is 35.5. The Bertz CT molecular complexity index is 1030. The number of hydrogen-bond donors (Lipinski definition) is 2. The number of hydrogen-bond acceptors (Lipinski definition) is 7. The van der Waals surface area contributed by atoms with Gasteiger partial charge in [0.15, 0.2) is 22.7 Å². The van der Waals surface area contributed by atoms with Gasteiger partial charge in [-0.25, -0.2) is 0 Å². The molecule has 0 spiro atoms. The summed E-state index contributed by atoms with van der Waals surface area (Å²) in [6.45, 7) is 3.73. The van der Waals surface area contributed by atoms with E-state index in [0.29, 0.717) is 27.4 Å². The molecule has 2 heterocycles. The SMILES string of the molecule is C=CCSC1=NN2[C@@H](c3cc(Cl)c(OC)c(OC)c3)Nc3ccccc3[C@H]2C(=O)N1. The molecule has 156 valence electrons. The molecule has 0 saturated heterocycles. The summed E-state index contributed by atoms with van der Waals surface area (Å²) in [6, 6.07) is 10.8. The van der Waals surface area contributed by atoms with Gasteiger partial charge in [-0.15, -0.1) is 11.7 Å². The third kappa shape index (κ3) is 3.57. The zero-order valence-electron chi connectivity index (χ0n) is 16.5. The second-order valence-electron chi connectivity index (χ2n) is 6.65. The highest BCUT2D eigenvalue weighted by Crippen LogP contribution is 2.45. The Morgan fingerprint density at radius 1 is 1.30 bits per heavy atom. The topological polar surface area (TPSA) is 75.2 Å². The number of fused-ring (bicyclic) bond motifs is 3. The minimum absolute atomic E-state index is 0.137. The van der Waals surface area contributed by atoms with Gasteiger partial charge in [0.05, 0.1) is 19.2 Å². The van der Waals surface area contributed by atoms with E-state index in [1.807, 2.05) is 30.3 Å². The smallest absolute Gasteiger partial charge is 0.255 e. The molecule has 0 aromatic heterocycles. The number of amides is 1. The largest absolute Gasteiger partial charge is 0.493 e. The van der Waals surface area contributed by atoms with Crippen molar-refractivity contribution in [1.29, 1.82) is 0 Å².